The number of hydrogen-bond donors (Lipinski definition) is 1. The maximum absolute atomic E-state index is 6.28. The van der Waals surface area contributed by atoms with Crippen LogP contribution in [0.4, 0.5) is 0 Å². The summed E-state index contributed by atoms with van der Waals surface area (Å²) < 4.78 is 0. The summed E-state index contributed by atoms with van der Waals surface area (Å²) >= 11 is 0. The minimum absolute atomic E-state index is 0.339. The molecule has 2 saturated carbocycles. The molecule has 106 valence electrons. The van der Waals surface area contributed by atoms with Crippen molar-refractivity contribution >= 4 is 0 Å². The topological polar surface area (TPSA) is 29.3 Å². The highest BCUT2D eigenvalue weighted by molar-refractivity contribution is 5.03. The van der Waals surface area contributed by atoms with Crippen LogP contribution < -0.4 is 5.73 Å². The molecule has 0 aromatic carbocycles. The Morgan fingerprint density at radius 2 is 1.78 bits per heavy atom. The largest absolute Gasteiger partial charge is 0.329 e. The molecule has 0 saturated heterocycles. The van der Waals surface area contributed by atoms with E-state index < -0.39 is 0 Å². The smallest absolute Gasteiger partial charge is 0.0362 e. The highest BCUT2D eigenvalue weighted by atomic mass is 15.2. The van der Waals surface area contributed by atoms with Crippen LogP contribution in [-0.4, -0.2) is 29.6 Å². The van der Waals surface area contributed by atoms with Gasteiger partial charge in [-0.3, -0.25) is 4.90 Å². The second kappa shape index (κ2) is 6.38. The normalized spacial score (nSPS) is 34.3. The molecule has 0 spiro atoms. The molecule has 0 bridgehead atoms. The highest BCUT2D eigenvalue weighted by Gasteiger charge is 2.46. The molecule has 0 aromatic heterocycles. The van der Waals surface area contributed by atoms with Crippen molar-refractivity contribution in [3.63, 3.8) is 0 Å². The number of nitrogens with two attached hydrogens (primary N) is 1. The Hall–Kier alpha value is -0.0800. The zero-order valence-electron chi connectivity index (χ0n) is 12.5. The van der Waals surface area contributed by atoms with Crippen molar-refractivity contribution in [1.29, 1.82) is 0 Å². The van der Waals surface area contributed by atoms with Crippen LogP contribution in [0.3, 0.4) is 0 Å². The van der Waals surface area contributed by atoms with Crippen LogP contribution >= 0.6 is 0 Å². The summed E-state index contributed by atoms with van der Waals surface area (Å²) in [5.41, 5.74) is 6.62. The first-order valence-electron chi connectivity index (χ1n) is 8.25. The second-order valence-electron chi connectivity index (χ2n) is 6.38. The molecule has 2 aliphatic carbocycles. The fourth-order valence-electron chi connectivity index (χ4n) is 4.80. The molecule has 0 aliphatic heterocycles. The van der Waals surface area contributed by atoms with E-state index in [-0.39, 0.29) is 0 Å². The quantitative estimate of drug-likeness (QED) is 0.811. The van der Waals surface area contributed by atoms with E-state index in [1.165, 1.54) is 64.3 Å². The van der Waals surface area contributed by atoms with E-state index in [2.05, 4.69) is 18.7 Å². The van der Waals surface area contributed by atoms with Gasteiger partial charge in [0.2, 0.25) is 0 Å². The van der Waals surface area contributed by atoms with Gasteiger partial charge in [0.15, 0.2) is 0 Å². The molecule has 2 atom stereocenters. The lowest BCUT2D eigenvalue weighted by Gasteiger charge is -2.49. The van der Waals surface area contributed by atoms with E-state index in [1.54, 1.807) is 0 Å². The van der Waals surface area contributed by atoms with Crippen LogP contribution in [0.1, 0.15) is 71.6 Å². The van der Waals surface area contributed by atoms with Crippen molar-refractivity contribution in [2.75, 3.05) is 13.1 Å². The van der Waals surface area contributed by atoms with Gasteiger partial charge in [0, 0.05) is 18.1 Å². The molecule has 0 radical (unpaired) electrons. The molecule has 2 unspecified atom stereocenters. The van der Waals surface area contributed by atoms with Crippen molar-refractivity contribution in [2.45, 2.75) is 83.2 Å². The molecule has 2 aliphatic rings. The SMILES string of the molecule is CCC1CCCC1(CN)N(CC)C1CCCCC1. The van der Waals surface area contributed by atoms with Gasteiger partial charge in [-0.05, 0) is 38.1 Å². The van der Waals surface area contributed by atoms with Crippen molar-refractivity contribution in [1.82, 2.24) is 4.90 Å². The summed E-state index contributed by atoms with van der Waals surface area (Å²) in [5.74, 6) is 0.837. The lowest BCUT2D eigenvalue weighted by molar-refractivity contribution is 0.00709. The fourth-order valence-corrected chi connectivity index (χ4v) is 4.80. The van der Waals surface area contributed by atoms with Crippen LogP contribution in [0, 0.1) is 5.92 Å². The van der Waals surface area contributed by atoms with Gasteiger partial charge in [-0.15, -0.1) is 0 Å². The number of hydrogen-bond acceptors (Lipinski definition) is 2. The second-order valence-corrected chi connectivity index (χ2v) is 6.38. The van der Waals surface area contributed by atoms with Gasteiger partial charge in [-0.1, -0.05) is 46.0 Å². The third-order valence-electron chi connectivity index (χ3n) is 5.70. The Morgan fingerprint density at radius 1 is 1.06 bits per heavy atom. The molecule has 2 fully saturated rings. The van der Waals surface area contributed by atoms with Crippen LogP contribution in [0.2, 0.25) is 0 Å². The van der Waals surface area contributed by atoms with E-state index in [9.17, 15) is 0 Å². The molecule has 2 N–H and O–H groups in total. The first-order valence-corrected chi connectivity index (χ1v) is 8.25. The van der Waals surface area contributed by atoms with E-state index in [4.69, 9.17) is 5.73 Å². The average molecular weight is 252 g/mol. The summed E-state index contributed by atoms with van der Waals surface area (Å²) in [6.07, 6.45) is 12.6. The van der Waals surface area contributed by atoms with Gasteiger partial charge in [-0.25, -0.2) is 0 Å². The lowest BCUT2D eigenvalue weighted by atomic mass is 9.80. The minimum atomic E-state index is 0.339. The standard InChI is InChI=1S/C16H32N2/c1-3-14-9-8-12-16(14,13-17)18(4-2)15-10-6-5-7-11-15/h14-15H,3-13,17H2,1-2H3. The average Bonchev–Trinajstić information content (AvgIpc) is 2.85. The van der Waals surface area contributed by atoms with E-state index in [0.717, 1.165) is 18.5 Å². The van der Waals surface area contributed by atoms with Gasteiger partial charge >= 0.3 is 0 Å². The molecule has 0 aromatic rings. The van der Waals surface area contributed by atoms with Gasteiger partial charge < -0.3 is 5.73 Å². The Labute approximate surface area is 113 Å². The summed E-state index contributed by atoms with van der Waals surface area (Å²) in [5, 5.41) is 0. The maximum atomic E-state index is 6.28. The van der Waals surface area contributed by atoms with Crippen molar-refractivity contribution in [3.8, 4) is 0 Å². The number of nitrogens with zero attached hydrogens (tertiary/aromatic N) is 1. The number of rotatable bonds is 5. The van der Waals surface area contributed by atoms with Crippen LogP contribution in [0.5, 0.6) is 0 Å². The Kier molecular flexibility index (Phi) is 5.08. The Bertz CT molecular complexity index is 247. The van der Waals surface area contributed by atoms with Gasteiger partial charge in [0.05, 0.1) is 0 Å². The van der Waals surface area contributed by atoms with Gasteiger partial charge in [-0.2, -0.15) is 0 Å². The monoisotopic (exact) mass is 252 g/mol. The van der Waals surface area contributed by atoms with Crippen molar-refractivity contribution < 1.29 is 0 Å². The first-order chi connectivity index (χ1) is 8.78. The third-order valence-corrected chi connectivity index (χ3v) is 5.70. The zero-order chi connectivity index (χ0) is 13.0. The Morgan fingerprint density at radius 3 is 2.33 bits per heavy atom. The molecule has 0 amide bonds. The van der Waals surface area contributed by atoms with Crippen LogP contribution in [0.25, 0.3) is 0 Å². The van der Waals surface area contributed by atoms with E-state index >= 15 is 0 Å². The van der Waals surface area contributed by atoms with Gasteiger partial charge in [0.25, 0.3) is 0 Å². The molecular weight excluding hydrogens is 220 g/mol. The molecule has 2 nitrogen and oxygen atoms in total. The lowest BCUT2D eigenvalue weighted by Crippen LogP contribution is -2.60. The molecule has 2 heteroatoms. The first kappa shape index (κ1) is 14.3. The predicted molar refractivity (Wildman–Crippen MR) is 78.7 cm³/mol. The van der Waals surface area contributed by atoms with Crippen LogP contribution in [0.15, 0.2) is 0 Å². The molecule has 2 rings (SSSR count). The van der Waals surface area contributed by atoms with Gasteiger partial charge in [0.1, 0.15) is 0 Å². The summed E-state index contributed by atoms with van der Waals surface area (Å²) in [4.78, 5) is 2.83. The zero-order valence-corrected chi connectivity index (χ0v) is 12.5. The molecular formula is C16H32N2. The van der Waals surface area contributed by atoms with E-state index in [0.29, 0.717) is 5.54 Å². The van der Waals surface area contributed by atoms with Crippen LogP contribution in [-0.2, 0) is 0 Å². The summed E-state index contributed by atoms with van der Waals surface area (Å²) in [6.45, 7) is 6.76. The highest BCUT2D eigenvalue weighted by Crippen LogP contribution is 2.44. The minimum Gasteiger partial charge on any atom is -0.329 e. The fraction of sp³-hybridized carbons (Fsp3) is 1.00. The molecule has 18 heavy (non-hydrogen) atoms. The Balaban J connectivity index is 2.16. The third kappa shape index (κ3) is 2.46. The number of likely N-dealkylation sites (N-methyl/N-ethyl adjacent to an activating group) is 1. The van der Waals surface area contributed by atoms with E-state index in [1.807, 2.05) is 0 Å². The van der Waals surface area contributed by atoms with Crippen molar-refractivity contribution in [3.05, 3.63) is 0 Å². The summed E-state index contributed by atoms with van der Waals surface area (Å²) in [6, 6.07) is 0.819. The summed E-state index contributed by atoms with van der Waals surface area (Å²) in [7, 11) is 0. The predicted octanol–water partition coefficient (Wildman–Crippen LogP) is 3.55. The van der Waals surface area contributed by atoms with Crippen molar-refractivity contribution in [2.24, 2.45) is 11.7 Å². The molecule has 0 heterocycles. The maximum Gasteiger partial charge on any atom is 0.0362 e.